The monoisotopic (exact) mass is 417 g/mol. The van der Waals surface area contributed by atoms with Gasteiger partial charge in [0.2, 0.25) is 10.0 Å². The first-order valence-electron chi connectivity index (χ1n) is 7.35. The van der Waals surface area contributed by atoms with Crippen LogP contribution in [0.2, 0.25) is 0 Å². The minimum atomic E-state index is -3.63. The highest BCUT2D eigenvalue weighted by Gasteiger charge is 2.20. The Labute approximate surface area is 150 Å². The molecule has 0 amide bonds. The number of sulfonamides is 1. The molecule has 132 valence electrons. The van der Waals surface area contributed by atoms with Gasteiger partial charge in [0.25, 0.3) is 0 Å². The van der Waals surface area contributed by atoms with E-state index in [1.165, 1.54) is 20.3 Å². The largest absolute Gasteiger partial charge is 0.493 e. The highest BCUT2D eigenvalue weighted by atomic mass is 79.9. The number of methoxy groups -OCH3 is 2. The molecule has 1 heterocycles. The van der Waals surface area contributed by atoms with Crippen LogP contribution in [-0.4, -0.2) is 38.7 Å². The van der Waals surface area contributed by atoms with Crippen molar-refractivity contribution in [2.45, 2.75) is 24.3 Å². The summed E-state index contributed by atoms with van der Waals surface area (Å²) in [6.45, 7) is 1.17. The molecular formula is C15H20BrN3O4S. The van der Waals surface area contributed by atoms with E-state index in [4.69, 9.17) is 9.47 Å². The van der Waals surface area contributed by atoms with Gasteiger partial charge in [-0.25, -0.2) is 18.1 Å². The van der Waals surface area contributed by atoms with Crippen LogP contribution in [0, 0.1) is 0 Å². The minimum absolute atomic E-state index is 0.120. The topological polar surface area (TPSA) is 82.5 Å². The number of nitrogens with zero attached hydrogens (tertiary/aromatic N) is 2. The molecule has 0 unspecified atom stereocenters. The Kier molecular flexibility index (Phi) is 6.64. The molecule has 7 nitrogen and oxygen atoms in total. The summed E-state index contributed by atoms with van der Waals surface area (Å²) in [5.74, 6) is 0.824. The molecule has 0 aliphatic heterocycles. The van der Waals surface area contributed by atoms with E-state index >= 15 is 0 Å². The molecule has 0 atom stereocenters. The third-order valence-corrected chi connectivity index (χ3v) is 5.84. The molecule has 2 rings (SSSR count). The molecule has 1 aromatic heterocycles. The molecule has 0 aliphatic rings. The van der Waals surface area contributed by atoms with Gasteiger partial charge in [-0.2, -0.15) is 0 Å². The molecule has 0 saturated carbocycles. The van der Waals surface area contributed by atoms with Crippen molar-refractivity contribution < 1.29 is 17.9 Å². The predicted molar refractivity (Wildman–Crippen MR) is 93.9 cm³/mol. The first-order valence-corrected chi connectivity index (χ1v) is 9.62. The van der Waals surface area contributed by atoms with Crippen LogP contribution in [0.3, 0.4) is 0 Å². The second kappa shape index (κ2) is 8.50. The van der Waals surface area contributed by atoms with Gasteiger partial charge < -0.3 is 14.0 Å². The fourth-order valence-electron chi connectivity index (χ4n) is 2.16. The lowest BCUT2D eigenvalue weighted by molar-refractivity contribution is 0.353. The van der Waals surface area contributed by atoms with Gasteiger partial charge >= 0.3 is 0 Å². The Morgan fingerprint density at radius 3 is 2.54 bits per heavy atom. The number of hydrogen-bond donors (Lipinski definition) is 1. The average Bonchev–Trinajstić information content (AvgIpc) is 3.07. The van der Waals surface area contributed by atoms with Crippen molar-refractivity contribution in [3.8, 4) is 11.5 Å². The summed E-state index contributed by atoms with van der Waals surface area (Å²) in [5.41, 5.74) is 0. The third kappa shape index (κ3) is 4.71. The van der Waals surface area contributed by atoms with Gasteiger partial charge in [0.15, 0.2) is 11.5 Å². The summed E-state index contributed by atoms with van der Waals surface area (Å²) < 4.78 is 40.2. The van der Waals surface area contributed by atoms with Gasteiger partial charge in [0.1, 0.15) is 4.90 Å². The van der Waals surface area contributed by atoms with Gasteiger partial charge in [0.05, 0.1) is 20.5 Å². The number of benzene rings is 1. The van der Waals surface area contributed by atoms with Crippen LogP contribution in [0.1, 0.15) is 12.8 Å². The first kappa shape index (κ1) is 18.8. The number of unbranched alkanes of at least 4 members (excludes halogenated alkanes) is 1. The van der Waals surface area contributed by atoms with Crippen molar-refractivity contribution in [1.82, 2.24) is 14.3 Å². The van der Waals surface area contributed by atoms with Gasteiger partial charge in [-0.15, -0.1) is 0 Å². The van der Waals surface area contributed by atoms with Crippen LogP contribution < -0.4 is 14.2 Å². The maximum Gasteiger partial charge on any atom is 0.241 e. The predicted octanol–water partition coefficient (Wildman–Crippen LogP) is 2.42. The van der Waals surface area contributed by atoms with Crippen molar-refractivity contribution in [1.29, 1.82) is 0 Å². The zero-order valence-corrected chi connectivity index (χ0v) is 15.9. The second-order valence-electron chi connectivity index (χ2n) is 5.04. The molecule has 1 N–H and O–H groups in total. The Morgan fingerprint density at radius 1 is 1.21 bits per heavy atom. The standard InChI is InChI=1S/C15H20BrN3O4S/c1-22-13-9-12(16)15(10-14(13)23-2)24(20,21)18-5-3-4-7-19-8-6-17-11-19/h6,8-11,18H,3-5,7H2,1-2H3. The van der Waals surface area contributed by atoms with E-state index in [0.717, 1.165) is 19.4 Å². The zero-order chi connectivity index (χ0) is 17.6. The summed E-state index contributed by atoms with van der Waals surface area (Å²) in [5, 5.41) is 0. The maximum atomic E-state index is 12.5. The average molecular weight is 418 g/mol. The van der Waals surface area contributed by atoms with Crippen LogP contribution in [0.25, 0.3) is 0 Å². The summed E-state index contributed by atoms with van der Waals surface area (Å²) in [6.07, 6.45) is 6.92. The lowest BCUT2D eigenvalue weighted by Gasteiger charge is -2.13. The number of aryl methyl sites for hydroxylation is 1. The Balaban J connectivity index is 1.97. The summed E-state index contributed by atoms with van der Waals surface area (Å²) in [4.78, 5) is 4.08. The fourth-order valence-corrected chi connectivity index (χ4v) is 4.27. The molecule has 2 aromatic rings. The van der Waals surface area contributed by atoms with Gasteiger partial charge in [-0.05, 0) is 34.8 Å². The van der Waals surface area contributed by atoms with E-state index in [1.807, 2.05) is 10.8 Å². The van der Waals surface area contributed by atoms with Crippen molar-refractivity contribution in [2.24, 2.45) is 0 Å². The lowest BCUT2D eigenvalue weighted by atomic mass is 10.3. The maximum absolute atomic E-state index is 12.5. The molecule has 0 bridgehead atoms. The van der Waals surface area contributed by atoms with E-state index in [0.29, 0.717) is 22.5 Å². The third-order valence-electron chi connectivity index (χ3n) is 3.42. The number of rotatable bonds is 9. The molecule has 9 heteroatoms. The highest BCUT2D eigenvalue weighted by molar-refractivity contribution is 9.10. The number of nitrogens with one attached hydrogen (secondary N) is 1. The zero-order valence-electron chi connectivity index (χ0n) is 13.5. The number of halogens is 1. The van der Waals surface area contributed by atoms with Gasteiger partial charge in [-0.1, -0.05) is 0 Å². The lowest BCUT2D eigenvalue weighted by Crippen LogP contribution is -2.25. The fraction of sp³-hybridized carbons (Fsp3) is 0.400. The van der Waals surface area contributed by atoms with E-state index < -0.39 is 10.0 Å². The molecular weight excluding hydrogens is 398 g/mol. The van der Waals surface area contributed by atoms with Crippen LogP contribution in [0.5, 0.6) is 11.5 Å². The minimum Gasteiger partial charge on any atom is -0.493 e. The van der Waals surface area contributed by atoms with E-state index in [9.17, 15) is 8.42 Å². The molecule has 0 aliphatic carbocycles. The van der Waals surface area contributed by atoms with Crippen molar-refractivity contribution in [3.05, 3.63) is 35.3 Å². The molecule has 0 fully saturated rings. The number of imidazole rings is 1. The summed E-state index contributed by atoms with van der Waals surface area (Å²) >= 11 is 3.27. The van der Waals surface area contributed by atoms with Crippen LogP contribution in [0.15, 0.2) is 40.2 Å². The van der Waals surface area contributed by atoms with Crippen LogP contribution >= 0.6 is 15.9 Å². The normalized spacial score (nSPS) is 11.5. The van der Waals surface area contributed by atoms with Crippen LogP contribution in [-0.2, 0) is 16.6 Å². The summed E-state index contributed by atoms with van der Waals surface area (Å²) in [6, 6.07) is 3.02. The van der Waals surface area contributed by atoms with Crippen molar-refractivity contribution >= 4 is 26.0 Å². The highest BCUT2D eigenvalue weighted by Crippen LogP contribution is 2.35. The van der Waals surface area contributed by atoms with E-state index in [1.54, 1.807) is 18.6 Å². The number of ether oxygens (including phenoxy) is 2. The smallest absolute Gasteiger partial charge is 0.241 e. The molecule has 0 spiro atoms. The Hall–Kier alpha value is -1.58. The molecule has 1 aromatic carbocycles. The van der Waals surface area contributed by atoms with Crippen LogP contribution in [0.4, 0.5) is 0 Å². The first-order chi connectivity index (χ1) is 11.5. The molecule has 0 saturated heterocycles. The summed E-state index contributed by atoms with van der Waals surface area (Å²) in [7, 11) is -0.673. The van der Waals surface area contributed by atoms with E-state index in [2.05, 4.69) is 25.6 Å². The Morgan fingerprint density at radius 2 is 1.92 bits per heavy atom. The molecule has 0 radical (unpaired) electrons. The molecule has 24 heavy (non-hydrogen) atoms. The Bertz CT molecular complexity index is 763. The number of aromatic nitrogens is 2. The quantitative estimate of drug-likeness (QED) is 0.633. The van der Waals surface area contributed by atoms with E-state index in [-0.39, 0.29) is 4.90 Å². The van der Waals surface area contributed by atoms with Gasteiger partial charge in [-0.3, -0.25) is 0 Å². The number of hydrogen-bond acceptors (Lipinski definition) is 5. The second-order valence-corrected chi connectivity index (χ2v) is 7.63. The van der Waals surface area contributed by atoms with Crippen molar-refractivity contribution in [2.75, 3.05) is 20.8 Å². The SMILES string of the molecule is COc1cc(Br)c(S(=O)(=O)NCCCCn2ccnc2)cc1OC. The van der Waals surface area contributed by atoms with Crippen molar-refractivity contribution in [3.63, 3.8) is 0 Å². The van der Waals surface area contributed by atoms with Gasteiger partial charge in [0, 0.05) is 36.0 Å².